The van der Waals surface area contributed by atoms with Crippen molar-refractivity contribution in [1.82, 2.24) is 9.71 Å². The maximum Gasteiger partial charge on any atom is 0.240 e. The van der Waals surface area contributed by atoms with Crippen molar-refractivity contribution in [3.63, 3.8) is 0 Å². The molecule has 1 amide bonds. The molecule has 2 N–H and O–H groups in total. The van der Waals surface area contributed by atoms with Crippen LogP contribution in [0.4, 0.5) is 5.69 Å². The van der Waals surface area contributed by atoms with Crippen molar-refractivity contribution in [2.75, 3.05) is 11.9 Å². The Kier molecular flexibility index (Phi) is 6.23. The van der Waals surface area contributed by atoms with Gasteiger partial charge in [-0.05, 0) is 61.4 Å². The minimum absolute atomic E-state index is 0.0261. The first-order valence-corrected chi connectivity index (χ1v) is 11.1. The Hall–Kier alpha value is -2.55. The van der Waals surface area contributed by atoms with Gasteiger partial charge in [0, 0.05) is 35.8 Å². The molecule has 0 aliphatic carbocycles. The van der Waals surface area contributed by atoms with Gasteiger partial charge in [-0.15, -0.1) is 11.3 Å². The van der Waals surface area contributed by atoms with Crippen molar-refractivity contribution in [2.45, 2.75) is 25.2 Å². The van der Waals surface area contributed by atoms with Crippen LogP contribution in [-0.4, -0.2) is 25.9 Å². The number of aryl methyl sites for hydroxylation is 2. The number of amides is 1. The van der Waals surface area contributed by atoms with Crippen LogP contribution in [0.1, 0.15) is 17.5 Å². The molecule has 2 aromatic carbocycles. The van der Waals surface area contributed by atoms with E-state index < -0.39 is 10.0 Å². The molecule has 0 radical (unpaired) electrons. The number of benzene rings is 2. The highest BCUT2D eigenvalue weighted by Crippen LogP contribution is 2.23. The van der Waals surface area contributed by atoms with E-state index >= 15 is 0 Å². The van der Waals surface area contributed by atoms with Gasteiger partial charge in [0.15, 0.2) is 0 Å². The molecule has 3 aromatic rings. The van der Waals surface area contributed by atoms with Crippen LogP contribution in [0.25, 0.3) is 10.6 Å². The second kappa shape index (κ2) is 8.64. The Morgan fingerprint density at radius 1 is 1.07 bits per heavy atom. The molecule has 0 spiro atoms. The van der Waals surface area contributed by atoms with Crippen LogP contribution in [0.5, 0.6) is 0 Å². The number of sulfonamides is 1. The molecule has 8 heteroatoms. The average Bonchev–Trinajstić information content (AvgIpc) is 3.19. The molecule has 1 aromatic heterocycles. The van der Waals surface area contributed by atoms with E-state index in [4.69, 9.17) is 0 Å². The minimum Gasteiger partial charge on any atom is -0.326 e. The fourth-order valence-electron chi connectivity index (χ4n) is 2.55. The molecule has 146 valence electrons. The van der Waals surface area contributed by atoms with Gasteiger partial charge in [-0.3, -0.25) is 4.79 Å². The number of thiazole rings is 1. The van der Waals surface area contributed by atoms with Crippen LogP contribution < -0.4 is 10.0 Å². The molecular formula is C20H21N3O3S2. The summed E-state index contributed by atoms with van der Waals surface area (Å²) >= 11 is 1.55. The first-order chi connectivity index (χ1) is 13.3. The molecule has 28 heavy (non-hydrogen) atoms. The lowest BCUT2D eigenvalue weighted by Gasteiger charge is -2.09. The Morgan fingerprint density at radius 2 is 1.82 bits per heavy atom. The zero-order valence-electron chi connectivity index (χ0n) is 15.6. The topological polar surface area (TPSA) is 88.2 Å². The normalized spacial score (nSPS) is 11.4. The van der Waals surface area contributed by atoms with Crippen LogP contribution in [-0.2, 0) is 14.8 Å². The summed E-state index contributed by atoms with van der Waals surface area (Å²) < 4.78 is 27.1. The van der Waals surface area contributed by atoms with Crippen molar-refractivity contribution in [1.29, 1.82) is 0 Å². The van der Waals surface area contributed by atoms with Crippen LogP contribution in [0.3, 0.4) is 0 Å². The van der Waals surface area contributed by atoms with E-state index in [1.807, 2.05) is 31.4 Å². The van der Waals surface area contributed by atoms with Gasteiger partial charge in [-0.1, -0.05) is 6.07 Å². The Labute approximate surface area is 168 Å². The predicted molar refractivity (Wildman–Crippen MR) is 112 cm³/mol. The summed E-state index contributed by atoms with van der Waals surface area (Å²) in [5.41, 5.74) is 3.57. The van der Waals surface area contributed by atoms with E-state index in [9.17, 15) is 13.2 Å². The number of nitrogens with zero attached hydrogens (tertiary/aromatic N) is 1. The number of hydrogen-bond acceptors (Lipinski definition) is 5. The minimum atomic E-state index is -3.63. The lowest BCUT2D eigenvalue weighted by atomic mass is 10.1. The summed E-state index contributed by atoms with van der Waals surface area (Å²) in [5, 5.41) is 5.59. The Balaban J connectivity index is 1.52. The van der Waals surface area contributed by atoms with Crippen LogP contribution in [0.2, 0.25) is 0 Å². The number of anilines is 1. The van der Waals surface area contributed by atoms with Crippen molar-refractivity contribution in [3.8, 4) is 10.6 Å². The van der Waals surface area contributed by atoms with Crippen molar-refractivity contribution in [2.24, 2.45) is 0 Å². The fraction of sp³-hybridized carbons (Fsp3) is 0.200. The molecule has 0 aliphatic rings. The van der Waals surface area contributed by atoms with Gasteiger partial charge in [-0.2, -0.15) is 0 Å². The SMILES string of the molecule is Cc1ccc(S(=O)(=O)NCCC(=O)Nc2ccc(-c3nccs3)cc2)cc1C. The monoisotopic (exact) mass is 415 g/mol. The van der Waals surface area contributed by atoms with E-state index in [1.165, 1.54) is 0 Å². The zero-order chi connectivity index (χ0) is 20.1. The maximum atomic E-state index is 12.3. The third-order valence-electron chi connectivity index (χ3n) is 4.28. The number of carbonyl (C=O) groups is 1. The van der Waals surface area contributed by atoms with Gasteiger partial charge in [0.1, 0.15) is 5.01 Å². The van der Waals surface area contributed by atoms with Crippen molar-refractivity contribution >= 4 is 33.0 Å². The van der Waals surface area contributed by atoms with Crippen LogP contribution in [0.15, 0.2) is 58.9 Å². The zero-order valence-corrected chi connectivity index (χ0v) is 17.2. The van der Waals surface area contributed by atoms with Gasteiger partial charge >= 0.3 is 0 Å². The number of carbonyl (C=O) groups excluding carboxylic acids is 1. The van der Waals surface area contributed by atoms with Crippen LogP contribution in [0, 0.1) is 13.8 Å². The molecule has 0 bridgehead atoms. The third kappa shape index (κ3) is 5.03. The molecule has 0 unspecified atom stereocenters. The second-order valence-electron chi connectivity index (χ2n) is 6.36. The smallest absolute Gasteiger partial charge is 0.240 e. The summed E-state index contributed by atoms with van der Waals surface area (Å²) in [6.45, 7) is 3.81. The molecular weight excluding hydrogens is 394 g/mol. The summed E-state index contributed by atoms with van der Waals surface area (Å²) in [7, 11) is -3.63. The van der Waals surface area contributed by atoms with Gasteiger partial charge in [0.2, 0.25) is 15.9 Å². The van der Waals surface area contributed by atoms with E-state index in [-0.39, 0.29) is 23.8 Å². The van der Waals surface area contributed by atoms with E-state index in [0.717, 1.165) is 21.7 Å². The predicted octanol–water partition coefficient (Wildman–Crippen LogP) is 3.73. The standard InChI is InChI=1S/C20H21N3O3S2/c1-14-3-8-18(13-15(14)2)28(25,26)22-10-9-19(24)23-17-6-4-16(5-7-17)20-21-11-12-27-20/h3-8,11-13,22H,9-10H2,1-2H3,(H,23,24). The molecule has 0 saturated carbocycles. The second-order valence-corrected chi connectivity index (χ2v) is 9.02. The summed E-state index contributed by atoms with van der Waals surface area (Å²) in [6.07, 6.45) is 1.78. The lowest BCUT2D eigenvalue weighted by molar-refractivity contribution is -0.116. The van der Waals surface area contributed by atoms with Gasteiger partial charge < -0.3 is 5.32 Å². The molecule has 1 heterocycles. The quantitative estimate of drug-likeness (QED) is 0.615. The maximum absolute atomic E-state index is 12.3. The highest BCUT2D eigenvalue weighted by molar-refractivity contribution is 7.89. The highest BCUT2D eigenvalue weighted by atomic mass is 32.2. The van der Waals surface area contributed by atoms with Gasteiger partial charge in [0.05, 0.1) is 4.90 Å². The fourth-order valence-corrected chi connectivity index (χ4v) is 4.31. The summed E-state index contributed by atoms with van der Waals surface area (Å²) in [5.74, 6) is -0.259. The average molecular weight is 416 g/mol. The summed E-state index contributed by atoms with van der Waals surface area (Å²) in [6, 6.07) is 12.3. The van der Waals surface area contributed by atoms with E-state index in [0.29, 0.717) is 5.69 Å². The molecule has 0 fully saturated rings. The van der Waals surface area contributed by atoms with Crippen molar-refractivity contribution < 1.29 is 13.2 Å². The van der Waals surface area contributed by atoms with Gasteiger partial charge in [-0.25, -0.2) is 18.1 Å². The lowest BCUT2D eigenvalue weighted by Crippen LogP contribution is -2.28. The van der Waals surface area contributed by atoms with Gasteiger partial charge in [0.25, 0.3) is 0 Å². The Bertz CT molecular complexity index is 1060. The first kappa shape index (κ1) is 20.2. The van der Waals surface area contributed by atoms with Crippen molar-refractivity contribution in [3.05, 3.63) is 65.2 Å². The van der Waals surface area contributed by atoms with Crippen LogP contribution >= 0.6 is 11.3 Å². The largest absolute Gasteiger partial charge is 0.326 e. The molecule has 3 rings (SSSR count). The third-order valence-corrected chi connectivity index (χ3v) is 6.56. The first-order valence-electron chi connectivity index (χ1n) is 8.72. The van der Waals surface area contributed by atoms with E-state index in [1.54, 1.807) is 47.9 Å². The molecule has 0 saturated heterocycles. The summed E-state index contributed by atoms with van der Waals surface area (Å²) in [4.78, 5) is 16.5. The number of nitrogens with one attached hydrogen (secondary N) is 2. The Morgan fingerprint density at radius 3 is 2.46 bits per heavy atom. The molecule has 0 aliphatic heterocycles. The van der Waals surface area contributed by atoms with E-state index in [2.05, 4.69) is 15.0 Å². The molecule has 6 nitrogen and oxygen atoms in total. The number of hydrogen-bond donors (Lipinski definition) is 2. The number of aromatic nitrogens is 1. The highest BCUT2D eigenvalue weighted by Gasteiger charge is 2.15. The molecule has 0 atom stereocenters. The number of rotatable bonds is 7.